The van der Waals surface area contributed by atoms with Gasteiger partial charge in [-0.15, -0.1) is 0 Å². The summed E-state index contributed by atoms with van der Waals surface area (Å²) in [6.07, 6.45) is 0.809. The van der Waals surface area contributed by atoms with E-state index in [1.54, 1.807) is 0 Å². The first-order valence-corrected chi connectivity index (χ1v) is 5.20. The zero-order valence-corrected chi connectivity index (χ0v) is 9.64. The molecule has 0 saturated heterocycles. The first kappa shape index (κ1) is 15.2. The van der Waals surface area contributed by atoms with E-state index in [-0.39, 0.29) is 12.2 Å². The number of carboxylic acids is 2. The lowest BCUT2D eigenvalue weighted by molar-refractivity contribution is -0.149. The molecule has 1 atom stereocenters. The molecule has 0 heterocycles. The van der Waals surface area contributed by atoms with Gasteiger partial charge in [0.05, 0.1) is 18.9 Å². The molecule has 96 valence electrons. The molecule has 2 N–H and O–H groups in total. The number of carbonyl (C=O) groups is 3. The Labute approximate surface area is 98.9 Å². The zero-order chi connectivity index (χ0) is 13.4. The van der Waals surface area contributed by atoms with Crippen LogP contribution in [0.5, 0.6) is 0 Å². The first-order chi connectivity index (χ1) is 7.90. The Hall–Kier alpha value is -1.85. The molecule has 0 aliphatic heterocycles. The highest BCUT2D eigenvalue weighted by Crippen LogP contribution is 2.16. The van der Waals surface area contributed by atoms with Gasteiger partial charge in [-0.3, -0.25) is 9.59 Å². The Morgan fingerprint density at radius 3 is 2.29 bits per heavy atom. The SMILES string of the molecule is C=C(C(=O)OCCCC)C(CC(=O)O)C(=O)O. The molecular formula is C11H16O6. The minimum Gasteiger partial charge on any atom is -0.481 e. The zero-order valence-electron chi connectivity index (χ0n) is 9.64. The number of carboxylic acid groups (broad SMARTS) is 2. The van der Waals surface area contributed by atoms with Crippen LogP contribution in [-0.4, -0.2) is 34.7 Å². The van der Waals surface area contributed by atoms with Crippen molar-refractivity contribution in [2.75, 3.05) is 6.61 Å². The molecule has 6 nitrogen and oxygen atoms in total. The van der Waals surface area contributed by atoms with Crippen LogP contribution in [0.4, 0.5) is 0 Å². The van der Waals surface area contributed by atoms with Gasteiger partial charge in [0.15, 0.2) is 0 Å². The third-order valence-electron chi connectivity index (χ3n) is 2.09. The summed E-state index contributed by atoms with van der Waals surface area (Å²) in [6, 6.07) is 0. The summed E-state index contributed by atoms with van der Waals surface area (Å²) < 4.78 is 4.76. The molecule has 0 aromatic heterocycles. The number of carbonyl (C=O) groups excluding carboxylic acids is 1. The second-order valence-corrected chi connectivity index (χ2v) is 3.50. The number of hydrogen-bond donors (Lipinski definition) is 2. The van der Waals surface area contributed by atoms with E-state index in [2.05, 4.69) is 6.58 Å². The Balaban J connectivity index is 4.45. The third kappa shape index (κ3) is 5.70. The van der Waals surface area contributed by atoms with Crippen molar-refractivity contribution in [1.29, 1.82) is 0 Å². The molecule has 0 bridgehead atoms. The van der Waals surface area contributed by atoms with Crippen LogP contribution in [0.2, 0.25) is 0 Å². The molecule has 0 aromatic carbocycles. The molecule has 1 unspecified atom stereocenters. The summed E-state index contributed by atoms with van der Waals surface area (Å²) in [4.78, 5) is 32.6. The summed E-state index contributed by atoms with van der Waals surface area (Å²) in [7, 11) is 0. The standard InChI is InChI=1S/C11H16O6/c1-3-4-5-17-11(16)7(2)8(10(14)15)6-9(12)13/h8H,2-6H2,1H3,(H,12,13)(H,14,15). The van der Waals surface area contributed by atoms with Crippen molar-refractivity contribution in [2.45, 2.75) is 26.2 Å². The number of aliphatic carboxylic acids is 2. The maximum Gasteiger partial charge on any atom is 0.334 e. The highest BCUT2D eigenvalue weighted by molar-refractivity contribution is 5.96. The number of rotatable bonds is 8. The van der Waals surface area contributed by atoms with Crippen LogP contribution >= 0.6 is 0 Å². The Bertz CT molecular complexity index is 320. The van der Waals surface area contributed by atoms with Crippen molar-refractivity contribution in [1.82, 2.24) is 0 Å². The lowest BCUT2D eigenvalue weighted by Gasteiger charge is -2.12. The summed E-state index contributed by atoms with van der Waals surface area (Å²) in [5, 5.41) is 17.3. The summed E-state index contributed by atoms with van der Waals surface area (Å²) in [5.74, 6) is -5.00. The fraction of sp³-hybridized carbons (Fsp3) is 0.545. The minimum absolute atomic E-state index is 0.174. The molecule has 0 amide bonds. The molecule has 0 aliphatic rings. The van der Waals surface area contributed by atoms with Crippen molar-refractivity contribution >= 4 is 17.9 Å². The predicted molar refractivity (Wildman–Crippen MR) is 58.4 cm³/mol. The normalized spacial score (nSPS) is 11.6. The Morgan fingerprint density at radius 2 is 1.88 bits per heavy atom. The molecular weight excluding hydrogens is 228 g/mol. The fourth-order valence-corrected chi connectivity index (χ4v) is 1.08. The van der Waals surface area contributed by atoms with Crippen molar-refractivity contribution < 1.29 is 29.3 Å². The fourth-order valence-electron chi connectivity index (χ4n) is 1.08. The van der Waals surface area contributed by atoms with Gasteiger partial charge >= 0.3 is 17.9 Å². The van der Waals surface area contributed by atoms with Crippen molar-refractivity contribution in [3.8, 4) is 0 Å². The van der Waals surface area contributed by atoms with Gasteiger partial charge in [-0.1, -0.05) is 19.9 Å². The van der Waals surface area contributed by atoms with E-state index >= 15 is 0 Å². The van der Waals surface area contributed by atoms with E-state index < -0.39 is 30.2 Å². The van der Waals surface area contributed by atoms with Gasteiger partial charge in [0.25, 0.3) is 0 Å². The van der Waals surface area contributed by atoms with Crippen LogP contribution < -0.4 is 0 Å². The summed E-state index contributed by atoms with van der Waals surface area (Å²) in [6.45, 7) is 5.37. The molecule has 0 fully saturated rings. The Kier molecular flexibility index (Phi) is 6.62. The van der Waals surface area contributed by atoms with Crippen LogP contribution in [0.15, 0.2) is 12.2 Å². The molecule has 17 heavy (non-hydrogen) atoms. The van der Waals surface area contributed by atoms with Crippen LogP contribution in [0.25, 0.3) is 0 Å². The molecule has 0 radical (unpaired) electrons. The van der Waals surface area contributed by atoms with Crippen molar-refractivity contribution in [3.05, 3.63) is 12.2 Å². The number of unbranched alkanes of at least 4 members (excludes halogenated alkanes) is 1. The molecule has 0 spiro atoms. The van der Waals surface area contributed by atoms with Crippen molar-refractivity contribution in [2.24, 2.45) is 5.92 Å². The smallest absolute Gasteiger partial charge is 0.334 e. The van der Waals surface area contributed by atoms with Crippen molar-refractivity contribution in [3.63, 3.8) is 0 Å². The minimum atomic E-state index is -1.44. The highest BCUT2D eigenvalue weighted by Gasteiger charge is 2.29. The number of esters is 1. The van der Waals surface area contributed by atoms with E-state index in [1.807, 2.05) is 6.92 Å². The van der Waals surface area contributed by atoms with Crippen LogP contribution in [0, 0.1) is 5.92 Å². The number of hydrogen-bond acceptors (Lipinski definition) is 4. The molecule has 0 saturated carbocycles. The monoisotopic (exact) mass is 244 g/mol. The van der Waals surface area contributed by atoms with Crippen LogP contribution in [-0.2, 0) is 19.1 Å². The molecule has 6 heteroatoms. The van der Waals surface area contributed by atoms with Gasteiger partial charge < -0.3 is 14.9 Å². The predicted octanol–water partition coefficient (Wildman–Crippen LogP) is 1.06. The van der Waals surface area contributed by atoms with Gasteiger partial charge in [-0.25, -0.2) is 4.79 Å². The average molecular weight is 244 g/mol. The van der Waals surface area contributed by atoms with E-state index in [9.17, 15) is 14.4 Å². The lowest BCUT2D eigenvalue weighted by atomic mass is 9.97. The van der Waals surface area contributed by atoms with E-state index in [0.717, 1.165) is 6.42 Å². The largest absolute Gasteiger partial charge is 0.481 e. The van der Waals surface area contributed by atoms with E-state index in [4.69, 9.17) is 14.9 Å². The second kappa shape index (κ2) is 7.43. The lowest BCUT2D eigenvalue weighted by Crippen LogP contribution is -2.25. The van der Waals surface area contributed by atoms with Gasteiger partial charge in [-0.05, 0) is 6.42 Å². The molecule has 0 aromatic rings. The van der Waals surface area contributed by atoms with Crippen LogP contribution in [0.1, 0.15) is 26.2 Å². The Morgan fingerprint density at radius 1 is 1.29 bits per heavy atom. The molecule has 0 rings (SSSR count). The van der Waals surface area contributed by atoms with E-state index in [1.165, 1.54) is 0 Å². The highest BCUT2D eigenvalue weighted by atomic mass is 16.5. The number of ether oxygens (including phenoxy) is 1. The quantitative estimate of drug-likeness (QED) is 0.376. The van der Waals surface area contributed by atoms with Gasteiger partial charge in [-0.2, -0.15) is 0 Å². The first-order valence-electron chi connectivity index (χ1n) is 5.20. The summed E-state index contributed by atoms with van der Waals surface area (Å²) in [5.41, 5.74) is -0.337. The van der Waals surface area contributed by atoms with E-state index in [0.29, 0.717) is 6.42 Å². The third-order valence-corrected chi connectivity index (χ3v) is 2.09. The van der Waals surface area contributed by atoms with Gasteiger partial charge in [0.1, 0.15) is 0 Å². The summed E-state index contributed by atoms with van der Waals surface area (Å²) >= 11 is 0. The van der Waals surface area contributed by atoms with Crippen LogP contribution in [0.3, 0.4) is 0 Å². The topological polar surface area (TPSA) is 101 Å². The molecule has 0 aliphatic carbocycles. The van der Waals surface area contributed by atoms with Gasteiger partial charge in [0.2, 0.25) is 0 Å². The maximum atomic E-state index is 11.4. The van der Waals surface area contributed by atoms with Gasteiger partial charge in [0, 0.05) is 5.57 Å². The maximum absolute atomic E-state index is 11.4. The average Bonchev–Trinajstić information content (AvgIpc) is 2.24. The second-order valence-electron chi connectivity index (χ2n) is 3.50.